The Balaban J connectivity index is 2.52. The van der Waals surface area contributed by atoms with Crippen molar-refractivity contribution < 1.29 is 21.6 Å². The number of sulfonamides is 2. The highest BCUT2D eigenvalue weighted by Gasteiger charge is 2.24. The first kappa shape index (κ1) is 21.7. The molecule has 2 aromatic rings. The van der Waals surface area contributed by atoms with Gasteiger partial charge in [-0.05, 0) is 49.7 Å². The van der Waals surface area contributed by atoms with Crippen LogP contribution in [0.25, 0.3) is 0 Å². The average Bonchev–Trinajstić information content (AvgIpc) is 2.58. The van der Waals surface area contributed by atoms with Crippen molar-refractivity contribution in [3.05, 3.63) is 46.4 Å². The van der Waals surface area contributed by atoms with Gasteiger partial charge >= 0.3 is 0 Å². The van der Waals surface area contributed by atoms with Gasteiger partial charge in [-0.2, -0.15) is 0 Å². The molecule has 27 heavy (non-hydrogen) atoms. The summed E-state index contributed by atoms with van der Waals surface area (Å²) in [4.78, 5) is -0.0108. The van der Waals surface area contributed by atoms with Gasteiger partial charge in [0.15, 0.2) is 0 Å². The van der Waals surface area contributed by atoms with E-state index in [1.807, 2.05) is 0 Å². The van der Waals surface area contributed by atoms with Crippen molar-refractivity contribution in [1.29, 1.82) is 0 Å². The summed E-state index contributed by atoms with van der Waals surface area (Å²) in [6, 6.07) is 9.07. The van der Waals surface area contributed by atoms with Crippen LogP contribution < -0.4 is 9.46 Å². The number of rotatable bonds is 7. The van der Waals surface area contributed by atoms with Gasteiger partial charge in [0.2, 0.25) is 10.0 Å². The van der Waals surface area contributed by atoms with E-state index in [9.17, 15) is 16.8 Å². The van der Waals surface area contributed by atoms with Gasteiger partial charge in [-0.3, -0.25) is 4.72 Å². The Morgan fingerprint density at radius 1 is 1.04 bits per heavy atom. The first-order valence-corrected chi connectivity index (χ1v) is 11.7. The van der Waals surface area contributed by atoms with Crippen molar-refractivity contribution in [1.82, 2.24) is 4.31 Å². The zero-order valence-electron chi connectivity index (χ0n) is 15.4. The van der Waals surface area contributed by atoms with Crippen LogP contribution in [0.1, 0.15) is 12.5 Å². The van der Waals surface area contributed by atoms with E-state index < -0.39 is 20.0 Å². The van der Waals surface area contributed by atoms with Crippen molar-refractivity contribution in [2.24, 2.45) is 0 Å². The lowest BCUT2D eigenvalue weighted by Gasteiger charge is -2.17. The van der Waals surface area contributed by atoms with Crippen molar-refractivity contribution in [3.63, 3.8) is 0 Å². The summed E-state index contributed by atoms with van der Waals surface area (Å²) in [5.74, 6) is 0.160. The molecule has 0 aromatic heterocycles. The van der Waals surface area contributed by atoms with Crippen molar-refractivity contribution >= 4 is 41.7 Å². The molecule has 0 unspecified atom stereocenters. The summed E-state index contributed by atoms with van der Waals surface area (Å²) in [5, 5.41) is 0. The minimum absolute atomic E-state index is 0.0998. The molecule has 0 aliphatic rings. The molecule has 7 nitrogen and oxygen atoms in total. The fraction of sp³-hybridized carbons (Fsp3) is 0.294. The van der Waals surface area contributed by atoms with E-state index in [4.69, 9.17) is 4.74 Å². The van der Waals surface area contributed by atoms with Gasteiger partial charge in [0.25, 0.3) is 10.0 Å². The third-order valence-corrected chi connectivity index (χ3v) is 7.55. The summed E-state index contributed by atoms with van der Waals surface area (Å²) < 4.78 is 60.2. The van der Waals surface area contributed by atoms with Crippen LogP contribution in [0.5, 0.6) is 5.75 Å². The van der Waals surface area contributed by atoms with E-state index in [-0.39, 0.29) is 27.8 Å². The second-order valence-electron chi connectivity index (χ2n) is 5.90. The lowest BCUT2D eigenvalue weighted by molar-refractivity contribution is 0.330. The number of nitrogens with zero attached hydrogens (tertiary/aromatic N) is 1. The number of benzene rings is 2. The van der Waals surface area contributed by atoms with E-state index in [1.165, 1.54) is 38.4 Å². The van der Waals surface area contributed by atoms with Crippen molar-refractivity contribution in [3.8, 4) is 5.75 Å². The average molecular weight is 477 g/mol. The zero-order chi connectivity index (χ0) is 20.4. The third-order valence-electron chi connectivity index (χ3n) is 3.69. The number of nitrogens with one attached hydrogen (secondary N) is 1. The van der Waals surface area contributed by atoms with Gasteiger partial charge in [-0.15, -0.1) is 0 Å². The molecule has 0 radical (unpaired) electrons. The fourth-order valence-electron chi connectivity index (χ4n) is 2.32. The van der Waals surface area contributed by atoms with E-state index in [2.05, 4.69) is 20.7 Å². The molecule has 0 heterocycles. The lowest BCUT2D eigenvalue weighted by Crippen LogP contribution is -2.23. The molecule has 0 spiro atoms. The molecule has 148 valence electrons. The Kier molecular flexibility index (Phi) is 6.56. The van der Waals surface area contributed by atoms with E-state index in [1.54, 1.807) is 26.0 Å². The Morgan fingerprint density at radius 3 is 2.30 bits per heavy atom. The van der Waals surface area contributed by atoms with Gasteiger partial charge < -0.3 is 4.74 Å². The maximum atomic E-state index is 12.8. The number of anilines is 1. The predicted octanol–water partition coefficient (Wildman–Crippen LogP) is 3.21. The molecule has 0 aliphatic carbocycles. The van der Waals surface area contributed by atoms with Gasteiger partial charge in [-0.25, -0.2) is 21.1 Å². The first-order valence-electron chi connectivity index (χ1n) is 7.97. The van der Waals surface area contributed by atoms with Crippen molar-refractivity contribution in [2.45, 2.75) is 23.6 Å². The molecular formula is C17H21BrN2O5S2. The highest BCUT2D eigenvalue weighted by atomic mass is 79.9. The van der Waals surface area contributed by atoms with Gasteiger partial charge in [0.1, 0.15) is 10.6 Å². The Labute approximate surface area is 168 Å². The van der Waals surface area contributed by atoms with Gasteiger partial charge in [0, 0.05) is 18.6 Å². The summed E-state index contributed by atoms with van der Waals surface area (Å²) in [5.41, 5.74) is 0.691. The first-order chi connectivity index (χ1) is 12.5. The number of hydrogen-bond donors (Lipinski definition) is 1. The molecule has 0 saturated carbocycles. The minimum Gasteiger partial charge on any atom is -0.492 e. The van der Waals surface area contributed by atoms with Crippen LogP contribution in [0.15, 0.2) is 50.7 Å². The van der Waals surface area contributed by atoms with Crippen LogP contribution in [0, 0.1) is 6.92 Å². The molecule has 0 amide bonds. The van der Waals surface area contributed by atoms with E-state index in [0.29, 0.717) is 10.0 Å². The van der Waals surface area contributed by atoms with Crippen LogP contribution in [0.2, 0.25) is 0 Å². The molecule has 0 bridgehead atoms. The standard InChI is InChI=1S/C17H21BrN2O5S2/c1-5-25-15-9-8-14(11-17(15)27(23,24)20(3)4)19-26(21,22)16-10-13(18)7-6-12(16)2/h6-11,19H,5H2,1-4H3. The third kappa shape index (κ3) is 4.81. The molecule has 0 fully saturated rings. The Hall–Kier alpha value is -1.62. The second kappa shape index (κ2) is 8.17. The topological polar surface area (TPSA) is 92.8 Å². The number of aryl methyl sites for hydroxylation is 1. The minimum atomic E-state index is -3.90. The molecule has 10 heteroatoms. The quantitative estimate of drug-likeness (QED) is 0.661. The molecule has 0 aliphatic heterocycles. The van der Waals surface area contributed by atoms with E-state index >= 15 is 0 Å². The number of hydrogen-bond acceptors (Lipinski definition) is 5. The lowest BCUT2D eigenvalue weighted by atomic mass is 10.2. The summed E-state index contributed by atoms with van der Waals surface area (Å²) in [7, 11) is -4.93. The Morgan fingerprint density at radius 2 is 1.70 bits per heavy atom. The normalized spacial score (nSPS) is 12.2. The summed E-state index contributed by atoms with van der Waals surface area (Å²) in [6.07, 6.45) is 0. The van der Waals surface area contributed by atoms with E-state index in [0.717, 1.165) is 4.31 Å². The van der Waals surface area contributed by atoms with Crippen LogP contribution in [-0.4, -0.2) is 41.8 Å². The van der Waals surface area contributed by atoms with Crippen molar-refractivity contribution in [2.75, 3.05) is 25.4 Å². The predicted molar refractivity (Wildman–Crippen MR) is 108 cm³/mol. The Bertz CT molecular complexity index is 1050. The monoisotopic (exact) mass is 476 g/mol. The highest BCUT2D eigenvalue weighted by molar-refractivity contribution is 9.10. The second-order valence-corrected chi connectivity index (χ2v) is 10.6. The molecule has 2 rings (SSSR count). The molecular weight excluding hydrogens is 456 g/mol. The molecule has 0 saturated heterocycles. The largest absolute Gasteiger partial charge is 0.492 e. The van der Waals surface area contributed by atoms with Crippen LogP contribution >= 0.6 is 15.9 Å². The van der Waals surface area contributed by atoms with Gasteiger partial charge in [0.05, 0.1) is 17.2 Å². The maximum Gasteiger partial charge on any atom is 0.262 e. The molecule has 0 atom stereocenters. The fourth-order valence-corrected chi connectivity index (χ4v) is 5.20. The van der Waals surface area contributed by atoms with Gasteiger partial charge in [-0.1, -0.05) is 22.0 Å². The summed E-state index contributed by atoms with van der Waals surface area (Å²) >= 11 is 3.26. The number of halogens is 1. The maximum absolute atomic E-state index is 12.8. The number of ether oxygens (including phenoxy) is 1. The molecule has 1 N–H and O–H groups in total. The van der Waals surface area contributed by atoms with Crippen LogP contribution in [-0.2, 0) is 20.0 Å². The molecule has 2 aromatic carbocycles. The van der Waals surface area contributed by atoms with Crippen LogP contribution in [0.4, 0.5) is 5.69 Å². The highest BCUT2D eigenvalue weighted by Crippen LogP contribution is 2.31. The summed E-state index contributed by atoms with van der Waals surface area (Å²) in [6.45, 7) is 3.69. The SMILES string of the molecule is CCOc1ccc(NS(=O)(=O)c2cc(Br)ccc2C)cc1S(=O)(=O)N(C)C. The zero-order valence-corrected chi connectivity index (χ0v) is 18.6. The van der Waals surface area contributed by atoms with Crippen LogP contribution in [0.3, 0.4) is 0 Å². The smallest absolute Gasteiger partial charge is 0.262 e.